The topological polar surface area (TPSA) is 12.0 Å². The maximum absolute atomic E-state index is 3.50. The van der Waals surface area contributed by atoms with Crippen molar-refractivity contribution in [1.82, 2.24) is 0 Å². The molecule has 2 aromatic rings. The van der Waals surface area contributed by atoms with E-state index < -0.39 is 0 Å². The summed E-state index contributed by atoms with van der Waals surface area (Å²) in [6.07, 6.45) is 0. The van der Waals surface area contributed by atoms with Gasteiger partial charge in [-0.2, -0.15) is 0 Å². The molecule has 2 rings (SSSR count). The zero-order chi connectivity index (χ0) is 12.3. The van der Waals surface area contributed by atoms with E-state index in [1.54, 1.807) is 0 Å². The number of nitrogens with one attached hydrogen (secondary N) is 1. The molecule has 0 bridgehead atoms. The lowest BCUT2D eigenvalue weighted by Gasteiger charge is -2.16. The van der Waals surface area contributed by atoms with Gasteiger partial charge in [0.25, 0.3) is 0 Å². The summed E-state index contributed by atoms with van der Waals surface area (Å²) in [4.78, 5) is 0. The molecule has 1 N–H and O–H groups in total. The van der Waals surface area contributed by atoms with Gasteiger partial charge < -0.3 is 5.32 Å². The summed E-state index contributed by atoms with van der Waals surface area (Å²) in [6.45, 7) is 2.17. The molecule has 0 heterocycles. The van der Waals surface area contributed by atoms with Gasteiger partial charge in [-0.1, -0.05) is 28.1 Å². The molecule has 88 valence electrons. The Hall–Kier alpha value is -0.550. The summed E-state index contributed by atoms with van der Waals surface area (Å²) >= 11 is 5.81. The largest absolute Gasteiger partial charge is 0.379 e. The minimum absolute atomic E-state index is 0.299. The molecule has 0 spiro atoms. The third-order valence-corrected chi connectivity index (χ3v) is 3.79. The Balaban J connectivity index is 2.11. The maximum atomic E-state index is 3.50. The Morgan fingerprint density at radius 1 is 1.12 bits per heavy atom. The van der Waals surface area contributed by atoms with Gasteiger partial charge in [0.2, 0.25) is 0 Å². The predicted molar refractivity (Wildman–Crippen MR) is 85.3 cm³/mol. The van der Waals surface area contributed by atoms with E-state index in [0.717, 1.165) is 10.2 Å². The van der Waals surface area contributed by atoms with Gasteiger partial charge in [-0.25, -0.2) is 0 Å². The first-order chi connectivity index (χ1) is 8.15. The average molecular weight is 402 g/mol. The molecule has 0 amide bonds. The lowest BCUT2D eigenvalue weighted by molar-refractivity contribution is 0.884. The highest BCUT2D eigenvalue weighted by molar-refractivity contribution is 14.1. The first-order valence-electron chi connectivity index (χ1n) is 5.43. The van der Waals surface area contributed by atoms with E-state index in [9.17, 15) is 0 Å². The van der Waals surface area contributed by atoms with Gasteiger partial charge in [-0.05, 0) is 71.5 Å². The number of hydrogen-bond acceptors (Lipinski definition) is 1. The van der Waals surface area contributed by atoms with Crippen LogP contribution in [0.2, 0.25) is 0 Å². The van der Waals surface area contributed by atoms with Gasteiger partial charge in [0, 0.05) is 19.8 Å². The number of benzene rings is 2. The Labute approximate surface area is 124 Å². The molecule has 0 radical (unpaired) electrons. The van der Waals surface area contributed by atoms with Crippen LogP contribution in [0.25, 0.3) is 0 Å². The number of hydrogen-bond donors (Lipinski definition) is 1. The van der Waals surface area contributed by atoms with Crippen molar-refractivity contribution in [2.45, 2.75) is 13.0 Å². The summed E-state index contributed by atoms with van der Waals surface area (Å²) < 4.78 is 2.37. The third kappa shape index (κ3) is 3.71. The second-order valence-electron chi connectivity index (χ2n) is 3.93. The second-order valence-corrected chi connectivity index (χ2v) is 6.09. The SMILES string of the molecule is CC(Nc1ccc(I)cc1)c1cccc(Br)c1. The van der Waals surface area contributed by atoms with Crippen LogP contribution in [0.15, 0.2) is 53.0 Å². The number of anilines is 1. The second kappa shape index (κ2) is 5.87. The summed E-state index contributed by atoms with van der Waals surface area (Å²) in [5, 5.41) is 3.49. The zero-order valence-electron chi connectivity index (χ0n) is 9.45. The average Bonchev–Trinajstić information content (AvgIpc) is 2.32. The number of rotatable bonds is 3. The number of halogens is 2. The molecule has 0 saturated carbocycles. The fraction of sp³-hybridized carbons (Fsp3) is 0.143. The van der Waals surface area contributed by atoms with Crippen molar-refractivity contribution in [3.05, 3.63) is 62.1 Å². The first-order valence-corrected chi connectivity index (χ1v) is 7.30. The molecule has 2 aromatic carbocycles. The lowest BCUT2D eigenvalue weighted by atomic mass is 10.1. The van der Waals surface area contributed by atoms with E-state index in [4.69, 9.17) is 0 Å². The molecule has 0 aromatic heterocycles. The maximum Gasteiger partial charge on any atom is 0.0486 e. The van der Waals surface area contributed by atoms with Gasteiger partial charge in [-0.3, -0.25) is 0 Å². The van der Waals surface area contributed by atoms with E-state index in [2.05, 4.69) is 93.2 Å². The van der Waals surface area contributed by atoms with Gasteiger partial charge >= 0.3 is 0 Å². The highest BCUT2D eigenvalue weighted by atomic mass is 127. The van der Waals surface area contributed by atoms with Gasteiger partial charge in [0.15, 0.2) is 0 Å². The Kier molecular flexibility index (Phi) is 4.45. The van der Waals surface area contributed by atoms with E-state index in [0.29, 0.717) is 6.04 Å². The van der Waals surface area contributed by atoms with Crippen molar-refractivity contribution in [3.8, 4) is 0 Å². The van der Waals surface area contributed by atoms with Crippen molar-refractivity contribution in [2.75, 3.05) is 5.32 Å². The highest BCUT2D eigenvalue weighted by Crippen LogP contribution is 2.22. The Bertz CT molecular complexity index is 496. The van der Waals surface area contributed by atoms with Crippen molar-refractivity contribution in [3.63, 3.8) is 0 Å². The fourth-order valence-corrected chi connectivity index (χ4v) is 2.43. The fourth-order valence-electron chi connectivity index (χ4n) is 1.66. The van der Waals surface area contributed by atoms with Crippen molar-refractivity contribution >= 4 is 44.2 Å². The van der Waals surface area contributed by atoms with Crippen molar-refractivity contribution in [1.29, 1.82) is 0 Å². The van der Waals surface area contributed by atoms with Gasteiger partial charge in [0.05, 0.1) is 0 Å². The van der Waals surface area contributed by atoms with Crippen LogP contribution in [0.3, 0.4) is 0 Å². The molecule has 0 aliphatic heterocycles. The molecule has 3 heteroatoms. The highest BCUT2D eigenvalue weighted by Gasteiger charge is 2.05. The summed E-state index contributed by atoms with van der Waals surface area (Å²) in [7, 11) is 0. The molecule has 0 fully saturated rings. The Morgan fingerprint density at radius 2 is 1.82 bits per heavy atom. The van der Waals surface area contributed by atoms with Crippen LogP contribution in [-0.2, 0) is 0 Å². The molecule has 17 heavy (non-hydrogen) atoms. The van der Waals surface area contributed by atoms with Crippen LogP contribution in [-0.4, -0.2) is 0 Å². The van der Waals surface area contributed by atoms with Crippen LogP contribution in [0.1, 0.15) is 18.5 Å². The molecule has 1 atom stereocenters. The summed E-state index contributed by atoms with van der Waals surface area (Å²) in [5.74, 6) is 0. The smallest absolute Gasteiger partial charge is 0.0486 e. The van der Waals surface area contributed by atoms with Crippen LogP contribution < -0.4 is 5.32 Å². The first kappa shape index (κ1) is 12.9. The standard InChI is InChI=1S/C14H13BrIN/c1-10(11-3-2-4-12(15)9-11)17-14-7-5-13(16)6-8-14/h2-10,17H,1H3. The van der Waals surface area contributed by atoms with Crippen LogP contribution in [0, 0.1) is 3.57 Å². The molecule has 0 aliphatic carbocycles. The van der Waals surface area contributed by atoms with E-state index in [1.807, 2.05) is 6.07 Å². The summed E-state index contributed by atoms with van der Waals surface area (Å²) in [6, 6.07) is 17.1. The minimum atomic E-state index is 0.299. The molecule has 1 unspecified atom stereocenters. The summed E-state index contributed by atoms with van der Waals surface area (Å²) in [5.41, 5.74) is 2.43. The van der Waals surface area contributed by atoms with Crippen LogP contribution in [0.5, 0.6) is 0 Å². The van der Waals surface area contributed by atoms with Crippen molar-refractivity contribution < 1.29 is 0 Å². The van der Waals surface area contributed by atoms with E-state index >= 15 is 0 Å². The third-order valence-electron chi connectivity index (χ3n) is 2.58. The molecular weight excluding hydrogens is 389 g/mol. The zero-order valence-corrected chi connectivity index (χ0v) is 13.2. The predicted octanol–water partition coefficient (Wildman–Crippen LogP) is 5.23. The molecule has 0 saturated heterocycles. The van der Waals surface area contributed by atoms with Gasteiger partial charge in [0.1, 0.15) is 0 Å². The van der Waals surface area contributed by atoms with Gasteiger partial charge in [-0.15, -0.1) is 0 Å². The quantitative estimate of drug-likeness (QED) is 0.694. The van der Waals surface area contributed by atoms with Crippen molar-refractivity contribution in [2.24, 2.45) is 0 Å². The Morgan fingerprint density at radius 3 is 2.47 bits per heavy atom. The molecule has 1 nitrogen and oxygen atoms in total. The minimum Gasteiger partial charge on any atom is -0.379 e. The lowest BCUT2D eigenvalue weighted by Crippen LogP contribution is -2.06. The molecular formula is C14H13BrIN. The van der Waals surface area contributed by atoms with Crippen LogP contribution in [0.4, 0.5) is 5.69 Å². The monoisotopic (exact) mass is 401 g/mol. The molecule has 0 aliphatic rings. The van der Waals surface area contributed by atoms with E-state index in [-0.39, 0.29) is 0 Å². The van der Waals surface area contributed by atoms with Crippen LogP contribution >= 0.6 is 38.5 Å². The van der Waals surface area contributed by atoms with E-state index in [1.165, 1.54) is 9.13 Å². The normalized spacial score (nSPS) is 12.2.